The van der Waals surface area contributed by atoms with E-state index in [0.29, 0.717) is 0 Å². The van der Waals surface area contributed by atoms with Crippen molar-refractivity contribution in [1.82, 2.24) is 15.0 Å². The third-order valence-electron chi connectivity index (χ3n) is 2.31. The second-order valence-corrected chi connectivity index (χ2v) is 3.64. The van der Waals surface area contributed by atoms with Gasteiger partial charge in [-0.05, 0) is 12.1 Å². The van der Waals surface area contributed by atoms with Gasteiger partial charge in [-0.1, -0.05) is 0 Å². The average Bonchev–Trinajstić information content (AvgIpc) is 2.46. The maximum absolute atomic E-state index is 13.2. The highest BCUT2D eigenvalue weighted by molar-refractivity contribution is 5.90. The lowest BCUT2D eigenvalue weighted by Gasteiger charge is -2.08. The molecule has 9 heteroatoms. The van der Waals surface area contributed by atoms with Gasteiger partial charge in [0.2, 0.25) is 0 Å². The summed E-state index contributed by atoms with van der Waals surface area (Å²) < 4.78 is 28.1. The number of hydrogen-bond acceptors (Lipinski definition) is 7. The number of carboxylic acids is 1. The number of ether oxygens (including phenoxy) is 3. The first-order valence-corrected chi connectivity index (χ1v) is 5.58. The van der Waals surface area contributed by atoms with Gasteiger partial charge < -0.3 is 19.3 Å². The van der Waals surface area contributed by atoms with Gasteiger partial charge in [0.15, 0.2) is 0 Å². The molecule has 0 saturated carbocycles. The maximum Gasteiger partial charge on any atom is 0.339 e. The summed E-state index contributed by atoms with van der Waals surface area (Å²) in [5, 5.41) is 9.03. The van der Waals surface area contributed by atoms with Crippen LogP contribution in [0.4, 0.5) is 4.39 Å². The molecule has 2 aromatic rings. The van der Waals surface area contributed by atoms with Crippen LogP contribution < -0.4 is 14.2 Å². The zero-order valence-corrected chi connectivity index (χ0v) is 11.0. The lowest BCUT2D eigenvalue weighted by atomic mass is 10.2. The molecule has 2 rings (SSSR count). The number of aromatic nitrogens is 3. The Morgan fingerprint density at radius 3 is 2.19 bits per heavy atom. The van der Waals surface area contributed by atoms with Crippen molar-refractivity contribution in [3.63, 3.8) is 0 Å². The molecule has 21 heavy (non-hydrogen) atoms. The van der Waals surface area contributed by atoms with Crippen LogP contribution in [-0.2, 0) is 0 Å². The number of carboxylic acid groups (broad SMARTS) is 1. The summed E-state index contributed by atoms with van der Waals surface area (Å²) in [7, 11) is 2.65. The molecule has 1 aromatic carbocycles. The van der Waals surface area contributed by atoms with Crippen molar-refractivity contribution in [2.45, 2.75) is 0 Å². The van der Waals surface area contributed by atoms with Gasteiger partial charge >= 0.3 is 24.0 Å². The van der Waals surface area contributed by atoms with E-state index in [2.05, 4.69) is 15.0 Å². The molecule has 0 aliphatic rings. The summed E-state index contributed by atoms with van der Waals surface area (Å²) >= 11 is 0. The molecule has 0 aliphatic heterocycles. The van der Waals surface area contributed by atoms with Crippen molar-refractivity contribution in [1.29, 1.82) is 0 Å². The molecule has 0 atom stereocenters. The van der Waals surface area contributed by atoms with Crippen LogP contribution in [0.25, 0.3) is 0 Å². The zero-order valence-electron chi connectivity index (χ0n) is 11.0. The molecule has 1 aromatic heterocycles. The number of benzene rings is 1. The first-order valence-electron chi connectivity index (χ1n) is 5.58. The number of aromatic carboxylic acids is 1. The van der Waals surface area contributed by atoms with Crippen molar-refractivity contribution in [2.75, 3.05) is 14.2 Å². The van der Waals surface area contributed by atoms with Gasteiger partial charge in [0.25, 0.3) is 0 Å². The maximum atomic E-state index is 13.2. The summed E-state index contributed by atoms with van der Waals surface area (Å²) in [6, 6.07) is 2.52. The summed E-state index contributed by atoms with van der Waals surface area (Å²) in [6.45, 7) is 0. The lowest BCUT2D eigenvalue weighted by Crippen LogP contribution is -2.04. The Kier molecular flexibility index (Phi) is 4.12. The van der Waals surface area contributed by atoms with Crippen molar-refractivity contribution in [3.05, 3.63) is 29.6 Å². The summed E-state index contributed by atoms with van der Waals surface area (Å²) in [4.78, 5) is 22.3. The average molecular weight is 295 g/mol. The van der Waals surface area contributed by atoms with E-state index in [-0.39, 0.29) is 29.3 Å². The van der Waals surface area contributed by atoms with E-state index in [1.807, 2.05) is 0 Å². The van der Waals surface area contributed by atoms with E-state index in [9.17, 15) is 9.18 Å². The van der Waals surface area contributed by atoms with Crippen molar-refractivity contribution in [2.24, 2.45) is 0 Å². The fourth-order valence-electron chi connectivity index (χ4n) is 1.40. The van der Waals surface area contributed by atoms with Gasteiger partial charge in [-0.15, -0.1) is 15.0 Å². The van der Waals surface area contributed by atoms with Crippen LogP contribution in [-0.4, -0.2) is 40.2 Å². The van der Waals surface area contributed by atoms with Crippen molar-refractivity contribution < 1.29 is 28.5 Å². The fraction of sp³-hybridized carbons (Fsp3) is 0.167. The number of carbonyl (C=O) groups is 1. The highest BCUT2D eigenvalue weighted by atomic mass is 19.1. The van der Waals surface area contributed by atoms with Crippen LogP contribution in [0.1, 0.15) is 10.4 Å². The Morgan fingerprint density at radius 1 is 1.10 bits per heavy atom. The van der Waals surface area contributed by atoms with E-state index < -0.39 is 11.8 Å². The molecule has 8 nitrogen and oxygen atoms in total. The smallest absolute Gasteiger partial charge is 0.339 e. The molecule has 0 saturated heterocycles. The van der Waals surface area contributed by atoms with E-state index in [0.717, 1.165) is 18.2 Å². The molecule has 0 unspecified atom stereocenters. The Hall–Kier alpha value is -2.97. The predicted molar refractivity (Wildman–Crippen MR) is 66.4 cm³/mol. The normalized spacial score (nSPS) is 10.0. The monoisotopic (exact) mass is 295 g/mol. The minimum Gasteiger partial charge on any atom is -0.478 e. The van der Waals surface area contributed by atoms with Gasteiger partial charge in [-0.25, -0.2) is 9.18 Å². The summed E-state index contributed by atoms with van der Waals surface area (Å²) in [5.41, 5.74) is -0.241. The van der Waals surface area contributed by atoms with E-state index in [1.165, 1.54) is 14.2 Å². The fourth-order valence-corrected chi connectivity index (χ4v) is 1.40. The largest absolute Gasteiger partial charge is 0.478 e. The highest BCUT2D eigenvalue weighted by Crippen LogP contribution is 2.26. The second-order valence-electron chi connectivity index (χ2n) is 3.64. The number of rotatable bonds is 5. The number of halogens is 1. The first kappa shape index (κ1) is 14.4. The Balaban J connectivity index is 2.42. The molecule has 0 aliphatic carbocycles. The zero-order chi connectivity index (χ0) is 15.4. The molecule has 0 bridgehead atoms. The van der Waals surface area contributed by atoms with Gasteiger partial charge in [0, 0.05) is 6.07 Å². The number of hydrogen-bond donors (Lipinski definition) is 1. The quantitative estimate of drug-likeness (QED) is 0.885. The van der Waals surface area contributed by atoms with Gasteiger partial charge in [0.05, 0.1) is 14.2 Å². The Bertz CT molecular complexity index is 658. The van der Waals surface area contributed by atoms with E-state index in [4.69, 9.17) is 19.3 Å². The molecule has 0 amide bonds. The third-order valence-corrected chi connectivity index (χ3v) is 2.31. The Labute approximate surface area is 118 Å². The van der Waals surface area contributed by atoms with Crippen LogP contribution in [0, 0.1) is 5.82 Å². The third kappa shape index (κ3) is 3.32. The number of methoxy groups -OCH3 is 2. The molecule has 1 heterocycles. The minimum absolute atomic E-state index is 0.0925. The van der Waals surface area contributed by atoms with Crippen LogP contribution >= 0.6 is 0 Å². The molecule has 110 valence electrons. The van der Waals surface area contributed by atoms with Crippen molar-refractivity contribution in [3.8, 4) is 23.8 Å². The summed E-state index contributed by atoms with van der Waals surface area (Å²) in [6.07, 6.45) is 0. The SMILES string of the molecule is COc1nc(OC)nc(Oc2cc(F)ccc2C(=O)O)n1. The molecule has 0 spiro atoms. The molecular weight excluding hydrogens is 285 g/mol. The topological polar surface area (TPSA) is 104 Å². The van der Waals surface area contributed by atoms with Gasteiger partial charge in [-0.2, -0.15) is 0 Å². The molecular formula is C12H10FN3O5. The standard InChI is InChI=1S/C12H10FN3O5/c1-19-10-14-11(20-2)16-12(15-10)21-8-5-6(13)3-4-7(8)9(17)18/h3-5H,1-2H3,(H,17,18). The minimum atomic E-state index is -1.28. The second kappa shape index (κ2) is 5.99. The van der Waals surface area contributed by atoms with E-state index >= 15 is 0 Å². The van der Waals surface area contributed by atoms with Crippen LogP contribution in [0.2, 0.25) is 0 Å². The predicted octanol–water partition coefficient (Wildman–Crippen LogP) is 1.52. The van der Waals surface area contributed by atoms with Crippen LogP contribution in [0.3, 0.4) is 0 Å². The van der Waals surface area contributed by atoms with Crippen LogP contribution in [0.15, 0.2) is 18.2 Å². The van der Waals surface area contributed by atoms with E-state index in [1.54, 1.807) is 0 Å². The Morgan fingerprint density at radius 2 is 1.67 bits per heavy atom. The highest BCUT2D eigenvalue weighted by Gasteiger charge is 2.16. The number of nitrogens with zero attached hydrogens (tertiary/aromatic N) is 3. The summed E-state index contributed by atoms with van der Waals surface area (Å²) in [5.74, 6) is -2.20. The molecule has 0 fully saturated rings. The molecule has 0 radical (unpaired) electrons. The first-order chi connectivity index (χ1) is 10.0. The van der Waals surface area contributed by atoms with Gasteiger partial charge in [0.1, 0.15) is 17.1 Å². The van der Waals surface area contributed by atoms with Crippen LogP contribution in [0.5, 0.6) is 23.8 Å². The molecule has 1 N–H and O–H groups in total. The van der Waals surface area contributed by atoms with Crippen molar-refractivity contribution >= 4 is 5.97 Å². The lowest BCUT2D eigenvalue weighted by molar-refractivity contribution is 0.0694. The van der Waals surface area contributed by atoms with Gasteiger partial charge in [-0.3, -0.25) is 0 Å².